The minimum absolute atomic E-state index is 0.0572. The first kappa shape index (κ1) is 19.9. The topological polar surface area (TPSA) is 73.8 Å². The summed E-state index contributed by atoms with van der Waals surface area (Å²) in [5.41, 5.74) is 1.64. The van der Waals surface area contributed by atoms with E-state index in [1.54, 1.807) is 18.1 Å². The van der Waals surface area contributed by atoms with Crippen molar-refractivity contribution in [1.82, 2.24) is 14.8 Å². The molecule has 3 amide bonds. The predicted octanol–water partition coefficient (Wildman–Crippen LogP) is 2.26. The maximum atomic E-state index is 12.9. The van der Waals surface area contributed by atoms with Crippen molar-refractivity contribution in [3.63, 3.8) is 0 Å². The van der Waals surface area contributed by atoms with Gasteiger partial charge >= 0.3 is 0 Å². The van der Waals surface area contributed by atoms with Gasteiger partial charge in [0.2, 0.25) is 11.8 Å². The predicted molar refractivity (Wildman–Crippen MR) is 113 cm³/mol. The fraction of sp³-hybridized carbons (Fsp3) is 0.400. The number of hydrogen-bond donors (Lipinski definition) is 0. The highest BCUT2D eigenvalue weighted by Gasteiger charge is 2.36. The first-order valence-corrected chi connectivity index (χ1v) is 11.3. The number of amides is 3. The molecule has 0 aliphatic carbocycles. The minimum Gasteiger partial charge on any atom is -0.336 e. The van der Waals surface area contributed by atoms with Gasteiger partial charge in [-0.25, -0.2) is 4.98 Å². The largest absolute Gasteiger partial charge is 0.336 e. The Hall–Kier alpha value is -2.39. The van der Waals surface area contributed by atoms with E-state index in [4.69, 9.17) is 0 Å². The summed E-state index contributed by atoms with van der Waals surface area (Å²) in [5, 5.41) is 1.56. The van der Waals surface area contributed by atoms with Crippen LogP contribution in [0.15, 0.2) is 29.4 Å². The van der Waals surface area contributed by atoms with Gasteiger partial charge in [-0.2, -0.15) is 0 Å². The van der Waals surface area contributed by atoms with Gasteiger partial charge in [0.05, 0.1) is 22.9 Å². The summed E-state index contributed by atoms with van der Waals surface area (Å²) in [6.07, 6.45) is 2.35. The Labute approximate surface area is 177 Å². The molecule has 9 heteroatoms. The molecule has 0 unspecified atom stereocenters. The van der Waals surface area contributed by atoms with Crippen LogP contribution in [0, 0.1) is 0 Å². The summed E-state index contributed by atoms with van der Waals surface area (Å²) in [7, 11) is 1.67. The second-order valence-corrected chi connectivity index (χ2v) is 9.08. The number of thioether (sulfide) groups is 1. The lowest BCUT2D eigenvalue weighted by Crippen LogP contribution is -2.38. The SMILES string of the molecule is CCN1C(=O)CN(C)C(=O)c2c1sc1c2CCN(C(=O)CSc2ccccn2)C1. The molecule has 152 valence electrons. The summed E-state index contributed by atoms with van der Waals surface area (Å²) in [5.74, 6) is 0.216. The lowest BCUT2D eigenvalue weighted by atomic mass is 10.0. The summed E-state index contributed by atoms with van der Waals surface area (Å²) in [6, 6.07) is 5.64. The molecular weight excluding hydrogens is 408 g/mol. The molecule has 0 N–H and O–H groups in total. The minimum atomic E-state index is -0.104. The van der Waals surface area contributed by atoms with Crippen LogP contribution in [0.3, 0.4) is 0 Å². The molecule has 0 saturated heterocycles. The number of nitrogens with zero attached hydrogens (tertiary/aromatic N) is 4. The molecule has 29 heavy (non-hydrogen) atoms. The van der Waals surface area contributed by atoms with Gasteiger partial charge in [0.25, 0.3) is 5.91 Å². The number of likely N-dealkylation sites (N-methyl/N-ethyl adjacent to an activating group) is 2. The average molecular weight is 431 g/mol. The third kappa shape index (κ3) is 3.76. The van der Waals surface area contributed by atoms with Crippen LogP contribution in [0.2, 0.25) is 0 Å². The molecule has 0 spiro atoms. The van der Waals surface area contributed by atoms with Crippen molar-refractivity contribution in [3.05, 3.63) is 40.4 Å². The Bertz CT molecular complexity index is 960. The van der Waals surface area contributed by atoms with E-state index in [-0.39, 0.29) is 24.3 Å². The molecule has 0 radical (unpaired) electrons. The molecule has 0 saturated carbocycles. The van der Waals surface area contributed by atoms with E-state index in [2.05, 4.69) is 4.98 Å². The molecule has 2 aromatic heterocycles. The number of rotatable bonds is 4. The number of fused-ring (bicyclic) bond motifs is 3. The van der Waals surface area contributed by atoms with Crippen molar-refractivity contribution in [3.8, 4) is 0 Å². The fourth-order valence-electron chi connectivity index (χ4n) is 3.66. The summed E-state index contributed by atoms with van der Waals surface area (Å²) >= 11 is 2.90. The summed E-state index contributed by atoms with van der Waals surface area (Å²) in [6.45, 7) is 3.60. The highest BCUT2D eigenvalue weighted by molar-refractivity contribution is 7.99. The zero-order valence-electron chi connectivity index (χ0n) is 16.4. The molecule has 0 bridgehead atoms. The third-order valence-corrected chi connectivity index (χ3v) is 7.34. The zero-order chi connectivity index (χ0) is 20.5. The number of carbonyl (C=O) groups excluding carboxylic acids is 3. The van der Waals surface area contributed by atoms with E-state index in [0.29, 0.717) is 37.4 Å². The van der Waals surface area contributed by atoms with Crippen molar-refractivity contribution in [2.24, 2.45) is 0 Å². The van der Waals surface area contributed by atoms with E-state index < -0.39 is 0 Å². The number of thiophene rings is 1. The van der Waals surface area contributed by atoms with Gasteiger partial charge in [-0.15, -0.1) is 11.3 Å². The van der Waals surface area contributed by atoms with Crippen molar-refractivity contribution < 1.29 is 14.4 Å². The highest BCUT2D eigenvalue weighted by Crippen LogP contribution is 2.41. The number of hydrogen-bond acceptors (Lipinski definition) is 6. The lowest BCUT2D eigenvalue weighted by molar-refractivity contribution is -0.129. The fourth-order valence-corrected chi connectivity index (χ4v) is 5.86. The van der Waals surface area contributed by atoms with Gasteiger partial charge in [-0.1, -0.05) is 17.8 Å². The molecule has 0 aromatic carbocycles. The van der Waals surface area contributed by atoms with Crippen LogP contribution in [0.1, 0.15) is 27.7 Å². The Morgan fingerprint density at radius 1 is 1.28 bits per heavy atom. The molecule has 2 aliphatic rings. The van der Waals surface area contributed by atoms with E-state index in [1.807, 2.05) is 30.0 Å². The monoisotopic (exact) mass is 430 g/mol. The van der Waals surface area contributed by atoms with Crippen LogP contribution in [-0.2, 0) is 22.6 Å². The maximum absolute atomic E-state index is 12.9. The third-order valence-electron chi connectivity index (χ3n) is 5.17. The van der Waals surface area contributed by atoms with Gasteiger partial charge in [0.15, 0.2) is 0 Å². The molecular formula is C20H22N4O3S2. The van der Waals surface area contributed by atoms with Crippen molar-refractivity contribution in [2.75, 3.05) is 37.3 Å². The molecule has 0 atom stereocenters. The van der Waals surface area contributed by atoms with E-state index >= 15 is 0 Å². The smallest absolute Gasteiger partial charge is 0.257 e. The van der Waals surface area contributed by atoms with Crippen LogP contribution in [0.5, 0.6) is 0 Å². The van der Waals surface area contributed by atoms with Crippen LogP contribution < -0.4 is 4.90 Å². The Kier molecular flexibility index (Phi) is 5.60. The number of anilines is 1. The second-order valence-electron chi connectivity index (χ2n) is 7.01. The molecule has 4 heterocycles. The first-order valence-electron chi connectivity index (χ1n) is 9.51. The quantitative estimate of drug-likeness (QED) is 0.696. The zero-order valence-corrected chi connectivity index (χ0v) is 18.0. The van der Waals surface area contributed by atoms with Gasteiger partial charge in [-0.05, 0) is 31.0 Å². The number of pyridine rings is 1. The molecule has 2 aliphatic heterocycles. The first-order chi connectivity index (χ1) is 14.0. The van der Waals surface area contributed by atoms with Gasteiger partial charge < -0.3 is 14.7 Å². The molecule has 2 aromatic rings. The van der Waals surface area contributed by atoms with Crippen LogP contribution >= 0.6 is 23.1 Å². The van der Waals surface area contributed by atoms with Crippen molar-refractivity contribution in [2.45, 2.75) is 24.9 Å². The Balaban J connectivity index is 1.55. The van der Waals surface area contributed by atoms with Gasteiger partial charge in [0.1, 0.15) is 11.5 Å². The molecule has 7 nitrogen and oxygen atoms in total. The normalized spacial score (nSPS) is 16.6. The van der Waals surface area contributed by atoms with E-state index in [1.165, 1.54) is 28.0 Å². The van der Waals surface area contributed by atoms with E-state index in [9.17, 15) is 14.4 Å². The Morgan fingerprint density at radius 2 is 2.10 bits per heavy atom. The molecule has 4 rings (SSSR count). The second kappa shape index (κ2) is 8.16. The average Bonchev–Trinajstić information content (AvgIpc) is 3.06. The summed E-state index contributed by atoms with van der Waals surface area (Å²) in [4.78, 5) is 48.4. The van der Waals surface area contributed by atoms with Crippen LogP contribution in [-0.4, -0.2) is 64.9 Å². The van der Waals surface area contributed by atoms with Crippen molar-refractivity contribution in [1.29, 1.82) is 0 Å². The van der Waals surface area contributed by atoms with Crippen molar-refractivity contribution >= 4 is 45.8 Å². The maximum Gasteiger partial charge on any atom is 0.257 e. The Morgan fingerprint density at radius 3 is 2.83 bits per heavy atom. The summed E-state index contributed by atoms with van der Waals surface area (Å²) < 4.78 is 0. The van der Waals surface area contributed by atoms with E-state index in [0.717, 1.165) is 20.5 Å². The van der Waals surface area contributed by atoms with Crippen LogP contribution in [0.4, 0.5) is 5.00 Å². The standard InChI is InChI=1S/C20H22N4O3S2/c1-3-24-16(25)11-22(2)19(27)18-13-7-9-23(10-14(13)29-20(18)24)17(26)12-28-15-6-4-5-8-21-15/h4-6,8H,3,7,9-12H2,1-2H3. The lowest BCUT2D eigenvalue weighted by Gasteiger charge is -2.27. The van der Waals surface area contributed by atoms with Gasteiger partial charge in [0, 0.05) is 31.2 Å². The molecule has 0 fully saturated rings. The number of carbonyl (C=O) groups is 3. The number of aromatic nitrogens is 1. The highest BCUT2D eigenvalue weighted by atomic mass is 32.2. The van der Waals surface area contributed by atoms with Gasteiger partial charge in [-0.3, -0.25) is 14.4 Å². The van der Waals surface area contributed by atoms with Crippen LogP contribution in [0.25, 0.3) is 0 Å².